The van der Waals surface area contributed by atoms with Crippen LogP contribution in [0.4, 0.5) is 10.5 Å². The van der Waals surface area contributed by atoms with E-state index in [1.165, 1.54) is 41.9 Å². The number of amides is 2. The van der Waals surface area contributed by atoms with Gasteiger partial charge in [0.1, 0.15) is 4.75 Å². The SMILES string of the molecule is CC(C)(SC1CN=C(NC(=O)N(CC2CCCC2)c2ccc(C(C)(C)C)cc2)S1)C(=O)O. The molecule has 0 radical (unpaired) electrons. The molecule has 8 heteroatoms. The van der Waals surface area contributed by atoms with Gasteiger partial charge < -0.3 is 5.11 Å². The van der Waals surface area contributed by atoms with Crippen LogP contribution in [0.3, 0.4) is 0 Å². The van der Waals surface area contributed by atoms with E-state index in [1.807, 2.05) is 17.0 Å². The van der Waals surface area contributed by atoms with Crippen LogP contribution < -0.4 is 10.2 Å². The van der Waals surface area contributed by atoms with E-state index in [0.717, 1.165) is 18.5 Å². The molecule has 2 N–H and O–H groups in total. The molecule has 1 fully saturated rings. The molecule has 0 saturated heterocycles. The van der Waals surface area contributed by atoms with Gasteiger partial charge in [-0.3, -0.25) is 20.0 Å². The Morgan fingerprint density at radius 2 is 1.78 bits per heavy atom. The predicted molar refractivity (Wildman–Crippen MR) is 136 cm³/mol. The van der Waals surface area contributed by atoms with Gasteiger partial charge in [0.2, 0.25) is 0 Å². The molecule has 2 aliphatic rings. The van der Waals surface area contributed by atoms with Crippen molar-refractivity contribution in [2.45, 2.75) is 75.0 Å². The van der Waals surface area contributed by atoms with Gasteiger partial charge in [0.25, 0.3) is 0 Å². The Balaban J connectivity index is 1.68. The van der Waals surface area contributed by atoms with Crippen LogP contribution in [0.2, 0.25) is 0 Å². The molecule has 1 aliphatic heterocycles. The van der Waals surface area contributed by atoms with Crippen molar-refractivity contribution in [3.8, 4) is 0 Å². The molecule has 0 bridgehead atoms. The number of aliphatic carboxylic acids is 1. The van der Waals surface area contributed by atoms with E-state index in [1.54, 1.807) is 13.8 Å². The number of carbonyl (C=O) groups is 2. The molecule has 6 nitrogen and oxygen atoms in total. The molecule has 0 spiro atoms. The van der Waals surface area contributed by atoms with Gasteiger partial charge in [-0.25, -0.2) is 4.79 Å². The Kier molecular flexibility index (Phi) is 7.86. The summed E-state index contributed by atoms with van der Waals surface area (Å²) in [6.07, 6.45) is 4.76. The quantitative estimate of drug-likeness (QED) is 0.548. The molecule has 1 aromatic carbocycles. The van der Waals surface area contributed by atoms with E-state index in [9.17, 15) is 14.7 Å². The summed E-state index contributed by atoms with van der Waals surface area (Å²) in [7, 11) is 0. The number of anilines is 1. The van der Waals surface area contributed by atoms with Crippen molar-refractivity contribution in [2.75, 3.05) is 18.0 Å². The third-order valence-corrected chi connectivity index (χ3v) is 8.61. The average Bonchev–Trinajstić information content (AvgIpc) is 3.37. The Bertz CT molecular complexity index is 856. The van der Waals surface area contributed by atoms with Crippen LogP contribution in [-0.4, -0.2) is 44.7 Å². The lowest BCUT2D eigenvalue weighted by atomic mass is 9.87. The Morgan fingerprint density at radius 1 is 1.16 bits per heavy atom. The zero-order valence-corrected chi connectivity index (χ0v) is 21.3. The molecule has 176 valence electrons. The fraction of sp³-hybridized carbons (Fsp3) is 0.625. The van der Waals surface area contributed by atoms with Crippen LogP contribution in [0.1, 0.15) is 65.9 Å². The number of hydrogen-bond acceptors (Lipinski definition) is 5. The Labute approximate surface area is 200 Å². The summed E-state index contributed by atoms with van der Waals surface area (Å²) in [5, 5.41) is 12.9. The topological polar surface area (TPSA) is 82.0 Å². The summed E-state index contributed by atoms with van der Waals surface area (Å²) in [4.78, 5) is 31.0. The Hall–Kier alpha value is -1.67. The van der Waals surface area contributed by atoms with Crippen molar-refractivity contribution in [3.05, 3.63) is 29.8 Å². The molecule has 1 heterocycles. The van der Waals surface area contributed by atoms with Gasteiger partial charge >= 0.3 is 12.0 Å². The molecule has 1 saturated carbocycles. The van der Waals surface area contributed by atoms with Gasteiger partial charge in [0.15, 0.2) is 5.17 Å². The van der Waals surface area contributed by atoms with Gasteiger partial charge in [0, 0.05) is 12.2 Å². The lowest BCUT2D eigenvalue weighted by molar-refractivity contribution is -0.138. The minimum Gasteiger partial charge on any atom is -0.480 e. The van der Waals surface area contributed by atoms with Crippen LogP contribution in [0.25, 0.3) is 0 Å². The minimum atomic E-state index is -0.893. The number of carboxylic acid groups (broad SMARTS) is 1. The summed E-state index contributed by atoms with van der Waals surface area (Å²) >= 11 is 2.80. The summed E-state index contributed by atoms with van der Waals surface area (Å²) in [6, 6.07) is 8.11. The number of amidine groups is 1. The van der Waals surface area contributed by atoms with E-state index < -0.39 is 10.7 Å². The minimum absolute atomic E-state index is 0.0225. The largest absolute Gasteiger partial charge is 0.480 e. The number of rotatable bonds is 6. The second-order valence-corrected chi connectivity index (χ2v) is 13.4. The molecule has 1 aromatic rings. The van der Waals surface area contributed by atoms with E-state index in [4.69, 9.17) is 0 Å². The fourth-order valence-corrected chi connectivity index (χ4v) is 6.71. The first kappa shape index (κ1) is 25.0. The van der Waals surface area contributed by atoms with E-state index in [0.29, 0.717) is 24.2 Å². The highest BCUT2D eigenvalue weighted by Crippen LogP contribution is 2.38. The molecule has 1 aliphatic carbocycles. The number of aliphatic imine (C=N–C) groups is 1. The fourth-order valence-electron chi connectivity index (χ4n) is 3.92. The van der Waals surface area contributed by atoms with E-state index in [-0.39, 0.29) is 16.0 Å². The standard InChI is InChI=1S/C24H35N3O3S2/c1-23(2,3)17-10-12-18(13-11-17)27(15-16-8-6-7-9-16)22(30)26-21-25-14-19(31-21)32-24(4,5)20(28)29/h10-13,16,19H,6-9,14-15H2,1-5H3,(H,28,29)(H,25,26,30). The summed E-state index contributed by atoms with van der Waals surface area (Å²) in [5.74, 6) is -0.331. The lowest BCUT2D eigenvalue weighted by Gasteiger charge is -2.27. The first-order valence-corrected chi connectivity index (χ1v) is 13.0. The maximum atomic E-state index is 13.3. The third-order valence-electron chi connectivity index (χ3n) is 5.99. The molecule has 0 aromatic heterocycles. The van der Waals surface area contributed by atoms with Crippen LogP contribution in [-0.2, 0) is 10.2 Å². The van der Waals surface area contributed by atoms with Crippen molar-refractivity contribution in [3.63, 3.8) is 0 Å². The molecular formula is C24H35N3O3S2. The van der Waals surface area contributed by atoms with Crippen LogP contribution in [0, 0.1) is 5.92 Å². The molecular weight excluding hydrogens is 442 g/mol. The van der Waals surface area contributed by atoms with Crippen molar-refractivity contribution < 1.29 is 14.7 Å². The zero-order chi connectivity index (χ0) is 23.5. The van der Waals surface area contributed by atoms with Crippen LogP contribution in [0.5, 0.6) is 0 Å². The van der Waals surface area contributed by atoms with E-state index >= 15 is 0 Å². The van der Waals surface area contributed by atoms with E-state index in [2.05, 4.69) is 43.2 Å². The van der Waals surface area contributed by atoms with Crippen molar-refractivity contribution >= 4 is 46.4 Å². The maximum absolute atomic E-state index is 13.3. The third kappa shape index (κ3) is 6.44. The molecule has 2 amide bonds. The molecule has 1 atom stereocenters. The number of nitrogens with one attached hydrogen (secondary N) is 1. The second-order valence-electron chi connectivity index (χ2n) is 10.1. The van der Waals surface area contributed by atoms with Crippen molar-refractivity contribution in [1.82, 2.24) is 5.32 Å². The lowest BCUT2D eigenvalue weighted by Crippen LogP contribution is -2.44. The molecule has 3 rings (SSSR count). The number of benzene rings is 1. The van der Waals surface area contributed by atoms with Gasteiger partial charge in [0.05, 0.1) is 11.1 Å². The number of hydrogen-bond donors (Lipinski definition) is 2. The van der Waals surface area contributed by atoms with Crippen LogP contribution in [0.15, 0.2) is 29.3 Å². The highest BCUT2D eigenvalue weighted by molar-refractivity contribution is 8.25. The first-order valence-electron chi connectivity index (χ1n) is 11.3. The smallest absolute Gasteiger partial charge is 0.327 e. The number of carbonyl (C=O) groups excluding carboxylic acids is 1. The van der Waals surface area contributed by atoms with Gasteiger partial charge in [-0.15, -0.1) is 11.8 Å². The van der Waals surface area contributed by atoms with Gasteiger partial charge in [-0.05, 0) is 55.7 Å². The normalized spacial score (nSPS) is 19.7. The molecule has 1 unspecified atom stereocenters. The monoisotopic (exact) mass is 477 g/mol. The predicted octanol–water partition coefficient (Wildman–Crippen LogP) is 5.72. The van der Waals surface area contributed by atoms with Crippen molar-refractivity contribution in [1.29, 1.82) is 0 Å². The van der Waals surface area contributed by atoms with Crippen molar-refractivity contribution in [2.24, 2.45) is 10.9 Å². The maximum Gasteiger partial charge on any atom is 0.327 e. The zero-order valence-electron chi connectivity index (χ0n) is 19.7. The van der Waals surface area contributed by atoms with Gasteiger partial charge in [-0.2, -0.15) is 0 Å². The Morgan fingerprint density at radius 3 is 2.34 bits per heavy atom. The summed E-state index contributed by atoms with van der Waals surface area (Å²) in [6.45, 7) is 11.1. The number of urea groups is 1. The number of nitrogens with zero attached hydrogens (tertiary/aromatic N) is 2. The second kappa shape index (κ2) is 10.1. The summed E-state index contributed by atoms with van der Waals surface area (Å²) < 4.78 is -0.915. The van der Waals surface area contributed by atoms with Gasteiger partial charge in [-0.1, -0.05) is 57.5 Å². The molecule has 32 heavy (non-hydrogen) atoms. The average molecular weight is 478 g/mol. The highest BCUT2D eigenvalue weighted by Gasteiger charge is 2.35. The summed E-state index contributed by atoms with van der Waals surface area (Å²) in [5.41, 5.74) is 2.19. The number of thioether (sulfide) groups is 2. The number of carboxylic acids is 1. The van der Waals surface area contributed by atoms with Crippen LogP contribution >= 0.6 is 23.5 Å². The first-order chi connectivity index (χ1) is 15.0. The highest BCUT2D eigenvalue weighted by atomic mass is 32.2.